The first kappa shape index (κ1) is 14.7. The number of carbonyl (C=O) groups is 1. The minimum absolute atomic E-state index is 0.131. The number of hydrogen-bond donors (Lipinski definition) is 1. The molecule has 5 heteroatoms. The minimum atomic E-state index is -0.783. The molecule has 0 saturated carbocycles. The first-order valence-corrected chi connectivity index (χ1v) is 7.30. The van der Waals surface area contributed by atoms with Gasteiger partial charge in [-0.05, 0) is 42.5 Å². The predicted octanol–water partition coefficient (Wildman–Crippen LogP) is 2.81. The van der Waals surface area contributed by atoms with Gasteiger partial charge in [0.25, 0.3) is 0 Å². The molecular weight excluding hydrogens is 280 g/mol. The third-order valence-electron chi connectivity index (χ3n) is 4.09. The molecule has 0 amide bonds. The van der Waals surface area contributed by atoms with Crippen LogP contribution in [0.4, 0.5) is 0 Å². The molecule has 0 radical (unpaired) electrons. The van der Waals surface area contributed by atoms with E-state index in [0.717, 1.165) is 33.5 Å². The Morgan fingerprint density at radius 3 is 2.77 bits per heavy atom. The van der Waals surface area contributed by atoms with Crippen LogP contribution in [0.5, 0.6) is 0 Å². The van der Waals surface area contributed by atoms with Crippen LogP contribution < -0.4 is 0 Å². The summed E-state index contributed by atoms with van der Waals surface area (Å²) in [4.78, 5) is 19.8. The van der Waals surface area contributed by atoms with Crippen molar-refractivity contribution < 1.29 is 14.6 Å². The lowest BCUT2D eigenvalue weighted by Gasteiger charge is -2.11. The minimum Gasteiger partial charge on any atom is -0.481 e. The summed E-state index contributed by atoms with van der Waals surface area (Å²) in [7, 11) is 0. The van der Waals surface area contributed by atoms with E-state index >= 15 is 0 Å². The van der Waals surface area contributed by atoms with E-state index < -0.39 is 5.97 Å². The van der Waals surface area contributed by atoms with E-state index in [-0.39, 0.29) is 6.42 Å². The molecule has 0 saturated heterocycles. The van der Waals surface area contributed by atoms with Crippen LogP contribution in [0.2, 0.25) is 0 Å². The van der Waals surface area contributed by atoms with Crippen molar-refractivity contribution in [3.8, 4) is 11.4 Å². The van der Waals surface area contributed by atoms with Crippen LogP contribution in [0.25, 0.3) is 11.4 Å². The summed E-state index contributed by atoms with van der Waals surface area (Å²) >= 11 is 0. The van der Waals surface area contributed by atoms with Crippen LogP contribution in [-0.2, 0) is 29.2 Å². The number of aliphatic carboxylic acids is 1. The molecule has 0 atom stereocenters. The van der Waals surface area contributed by atoms with Gasteiger partial charge in [-0.3, -0.25) is 4.79 Å². The van der Waals surface area contributed by atoms with Crippen LogP contribution in [0.3, 0.4) is 0 Å². The number of nitrogens with zero attached hydrogens (tertiary/aromatic N) is 2. The summed E-state index contributed by atoms with van der Waals surface area (Å²) in [5.74, 6) is -0.0798. The molecule has 1 aromatic carbocycles. The zero-order valence-corrected chi connectivity index (χ0v) is 12.7. The molecule has 5 nitrogen and oxygen atoms in total. The Bertz CT molecular complexity index is 741. The maximum atomic E-state index is 10.8. The van der Waals surface area contributed by atoms with E-state index in [4.69, 9.17) is 9.84 Å². The van der Waals surface area contributed by atoms with Crippen LogP contribution in [0, 0.1) is 13.8 Å². The van der Waals surface area contributed by atoms with Crippen LogP contribution in [-0.4, -0.2) is 21.0 Å². The predicted molar refractivity (Wildman–Crippen MR) is 81.4 cm³/mol. The average molecular weight is 298 g/mol. The highest BCUT2D eigenvalue weighted by atomic mass is 16.5. The van der Waals surface area contributed by atoms with Gasteiger partial charge in [0.1, 0.15) is 0 Å². The van der Waals surface area contributed by atoms with Crippen molar-refractivity contribution >= 4 is 5.97 Å². The smallest absolute Gasteiger partial charge is 0.303 e. The number of aryl methyl sites for hydroxylation is 3. The van der Waals surface area contributed by atoms with Crippen molar-refractivity contribution in [3.05, 3.63) is 46.3 Å². The summed E-state index contributed by atoms with van der Waals surface area (Å²) in [5, 5.41) is 8.86. The van der Waals surface area contributed by atoms with Crippen molar-refractivity contribution in [3.63, 3.8) is 0 Å². The molecule has 0 bridgehead atoms. The molecule has 114 valence electrons. The van der Waals surface area contributed by atoms with Crippen molar-refractivity contribution in [1.82, 2.24) is 9.97 Å². The zero-order valence-electron chi connectivity index (χ0n) is 12.7. The lowest BCUT2D eigenvalue weighted by Crippen LogP contribution is -2.03. The third-order valence-corrected chi connectivity index (χ3v) is 4.09. The molecule has 0 unspecified atom stereocenters. The topological polar surface area (TPSA) is 72.3 Å². The summed E-state index contributed by atoms with van der Waals surface area (Å²) in [5.41, 5.74) is 6.24. The van der Waals surface area contributed by atoms with Crippen LogP contribution in [0.15, 0.2) is 18.3 Å². The molecule has 0 aliphatic carbocycles. The highest BCUT2D eigenvalue weighted by Crippen LogP contribution is 2.32. The first-order chi connectivity index (χ1) is 10.6. The molecule has 2 heterocycles. The Labute approximate surface area is 129 Å². The summed E-state index contributed by atoms with van der Waals surface area (Å²) in [6, 6.07) is 3.96. The number of ether oxygens (including phenoxy) is 1. The molecular formula is C17H18N2O3. The lowest BCUT2D eigenvalue weighted by atomic mass is 9.95. The van der Waals surface area contributed by atoms with Gasteiger partial charge >= 0.3 is 5.97 Å². The second-order valence-corrected chi connectivity index (χ2v) is 5.58. The van der Waals surface area contributed by atoms with E-state index in [1.54, 1.807) is 0 Å². The number of aromatic nitrogens is 2. The Morgan fingerprint density at radius 1 is 1.27 bits per heavy atom. The fourth-order valence-electron chi connectivity index (χ4n) is 2.68. The van der Waals surface area contributed by atoms with Crippen LogP contribution >= 0.6 is 0 Å². The van der Waals surface area contributed by atoms with E-state index in [2.05, 4.69) is 9.97 Å². The zero-order chi connectivity index (χ0) is 15.7. The summed E-state index contributed by atoms with van der Waals surface area (Å²) in [6.45, 7) is 5.02. The first-order valence-electron chi connectivity index (χ1n) is 7.30. The molecule has 0 spiro atoms. The molecule has 1 aliphatic rings. The van der Waals surface area contributed by atoms with Crippen molar-refractivity contribution in [2.75, 3.05) is 0 Å². The number of fused-ring (bicyclic) bond motifs is 1. The molecule has 2 aromatic rings. The van der Waals surface area contributed by atoms with E-state index in [1.807, 2.05) is 32.2 Å². The van der Waals surface area contributed by atoms with Gasteiger partial charge in [-0.25, -0.2) is 9.97 Å². The molecule has 1 aromatic heterocycles. The summed E-state index contributed by atoms with van der Waals surface area (Å²) < 4.78 is 5.58. The number of hydrogen-bond acceptors (Lipinski definition) is 4. The monoisotopic (exact) mass is 298 g/mol. The second kappa shape index (κ2) is 5.85. The highest BCUT2D eigenvalue weighted by molar-refractivity contribution is 5.68. The van der Waals surface area contributed by atoms with Gasteiger partial charge in [0.15, 0.2) is 5.82 Å². The SMILES string of the molecule is Cc1cnc(-c2ccc(CCC(=O)O)c3c2COC3)nc1C. The van der Waals surface area contributed by atoms with Crippen molar-refractivity contribution in [1.29, 1.82) is 0 Å². The second-order valence-electron chi connectivity index (χ2n) is 5.58. The van der Waals surface area contributed by atoms with Gasteiger partial charge in [0, 0.05) is 23.9 Å². The molecule has 1 aliphatic heterocycles. The third kappa shape index (κ3) is 2.72. The number of rotatable bonds is 4. The van der Waals surface area contributed by atoms with Gasteiger partial charge in [-0.2, -0.15) is 0 Å². The molecule has 0 fully saturated rings. The van der Waals surface area contributed by atoms with E-state index in [0.29, 0.717) is 25.5 Å². The number of benzene rings is 1. The number of carboxylic acid groups (broad SMARTS) is 1. The number of carboxylic acids is 1. The van der Waals surface area contributed by atoms with E-state index in [1.165, 1.54) is 0 Å². The molecule has 3 rings (SSSR count). The van der Waals surface area contributed by atoms with Gasteiger partial charge in [-0.1, -0.05) is 12.1 Å². The van der Waals surface area contributed by atoms with Crippen molar-refractivity contribution in [2.24, 2.45) is 0 Å². The van der Waals surface area contributed by atoms with E-state index in [9.17, 15) is 4.79 Å². The van der Waals surface area contributed by atoms with Crippen molar-refractivity contribution in [2.45, 2.75) is 39.9 Å². The normalized spacial score (nSPS) is 13.2. The molecule has 1 N–H and O–H groups in total. The van der Waals surface area contributed by atoms with Gasteiger partial charge < -0.3 is 9.84 Å². The standard InChI is InChI=1S/C17H18N2O3/c1-10-7-18-17(19-11(10)2)13-5-3-12(4-6-16(20)21)14-8-22-9-15(13)14/h3,5,7H,4,6,8-9H2,1-2H3,(H,20,21). The van der Waals surface area contributed by atoms with Gasteiger partial charge in [0.2, 0.25) is 0 Å². The Kier molecular flexibility index (Phi) is 3.90. The molecule has 22 heavy (non-hydrogen) atoms. The Balaban J connectivity index is 2.01. The fourth-order valence-corrected chi connectivity index (χ4v) is 2.68. The lowest BCUT2D eigenvalue weighted by molar-refractivity contribution is -0.136. The van der Waals surface area contributed by atoms with Gasteiger partial charge in [-0.15, -0.1) is 0 Å². The maximum Gasteiger partial charge on any atom is 0.303 e. The maximum absolute atomic E-state index is 10.8. The Morgan fingerprint density at radius 2 is 2.05 bits per heavy atom. The average Bonchev–Trinajstić information content (AvgIpc) is 2.97. The highest BCUT2D eigenvalue weighted by Gasteiger charge is 2.21. The summed E-state index contributed by atoms with van der Waals surface area (Å²) in [6.07, 6.45) is 2.49. The fraction of sp³-hybridized carbons (Fsp3) is 0.353. The quantitative estimate of drug-likeness (QED) is 0.939. The largest absolute Gasteiger partial charge is 0.481 e. The van der Waals surface area contributed by atoms with Crippen LogP contribution in [0.1, 0.15) is 34.4 Å². The Hall–Kier alpha value is -2.27. The van der Waals surface area contributed by atoms with Gasteiger partial charge in [0.05, 0.1) is 13.2 Å².